The Morgan fingerprint density at radius 3 is 1.84 bits per heavy atom. The Hall–Kier alpha value is -5.87. The Bertz CT molecular complexity index is 2340. The third kappa shape index (κ3) is 6.01. The average molecular weight is 695 g/mol. The van der Waals surface area contributed by atoms with Crippen LogP contribution in [0.25, 0.3) is 22.0 Å². The zero-order valence-corrected chi connectivity index (χ0v) is 28.8. The van der Waals surface area contributed by atoms with Crippen LogP contribution in [0.5, 0.6) is 0 Å². The summed E-state index contributed by atoms with van der Waals surface area (Å²) in [6, 6.07) is 41.6. The molecule has 0 unspecified atom stereocenters. The van der Waals surface area contributed by atoms with Gasteiger partial charge in [-0.15, -0.1) is 0 Å². The molecule has 7 aromatic rings. The summed E-state index contributed by atoms with van der Waals surface area (Å²) in [5, 5.41) is 5.97. The second-order valence-electron chi connectivity index (χ2n) is 12.8. The van der Waals surface area contributed by atoms with Crippen molar-refractivity contribution in [3.05, 3.63) is 169 Å². The van der Waals surface area contributed by atoms with Crippen LogP contribution in [-0.4, -0.2) is 60.6 Å². The zero-order chi connectivity index (χ0) is 35.0. The molecular formula is C41H35FN6O2S. The van der Waals surface area contributed by atoms with Crippen molar-refractivity contribution in [1.29, 1.82) is 0 Å². The fourth-order valence-corrected chi connectivity index (χ4v) is 7.85. The quantitative estimate of drug-likeness (QED) is 0.156. The number of halogens is 1. The van der Waals surface area contributed by atoms with Crippen LogP contribution in [0.15, 0.2) is 151 Å². The molecule has 2 aromatic heterocycles. The normalized spacial score (nSPS) is 13.8. The summed E-state index contributed by atoms with van der Waals surface area (Å²) in [4.78, 5) is 13.5. The second-order valence-corrected chi connectivity index (χ2v) is 14.8. The van der Waals surface area contributed by atoms with Gasteiger partial charge in [0.05, 0.1) is 16.6 Å². The molecule has 0 atom stereocenters. The van der Waals surface area contributed by atoms with Crippen LogP contribution in [0, 0.1) is 5.82 Å². The number of sulfone groups is 1. The number of piperazine rings is 1. The topological polar surface area (TPSA) is 84.2 Å². The zero-order valence-electron chi connectivity index (χ0n) is 28.0. The number of aromatic nitrogens is 4. The molecule has 1 aliphatic heterocycles. The van der Waals surface area contributed by atoms with Gasteiger partial charge >= 0.3 is 0 Å². The van der Waals surface area contributed by atoms with E-state index in [1.54, 1.807) is 12.4 Å². The van der Waals surface area contributed by atoms with Crippen molar-refractivity contribution in [3.8, 4) is 11.1 Å². The van der Waals surface area contributed by atoms with Crippen molar-refractivity contribution in [2.24, 2.45) is 0 Å². The molecule has 0 radical (unpaired) electrons. The third-order valence-electron chi connectivity index (χ3n) is 9.68. The first-order chi connectivity index (χ1) is 24.8. The molecule has 8 rings (SSSR count). The van der Waals surface area contributed by atoms with Gasteiger partial charge in [0.25, 0.3) is 0 Å². The highest BCUT2D eigenvalue weighted by atomic mass is 32.2. The smallest absolute Gasteiger partial charge is 0.175 e. The van der Waals surface area contributed by atoms with E-state index >= 15 is 0 Å². The number of anilines is 2. The Labute approximate surface area is 296 Å². The van der Waals surface area contributed by atoms with Crippen LogP contribution in [0.4, 0.5) is 15.9 Å². The predicted octanol–water partition coefficient (Wildman–Crippen LogP) is 7.20. The van der Waals surface area contributed by atoms with E-state index in [1.807, 2.05) is 35.4 Å². The van der Waals surface area contributed by atoms with Gasteiger partial charge in [-0.05, 0) is 52.6 Å². The first kappa shape index (κ1) is 32.3. The van der Waals surface area contributed by atoms with E-state index in [2.05, 4.69) is 106 Å². The molecule has 0 bridgehead atoms. The molecule has 1 saturated heterocycles. The molecule has 51 heavy (non-hydrogen) atoms. The maximum atomic E-state index is 14.4. The van der Waals surface area contributed by atoms with Crippen LogP contribution in [0.3, 0.4) is 0 Å². The Balaban J connectivity index is 1.15. The van der Waals surface area contributed by atoms with Gasteiger partial charge in [0.2, 0.25) is 0 Å². The van der Waals surface area contributed by atoms with Gasteiger partial charge < -0.3 is 9.80 Å². The molecule has 254 valence electrons. The molecule has 1 aliphatic rings. The highest BCUT2D eigenvalue weighted by Crippen LogP contribution is 2.41. The van der Waals surface area contributed by atoms with Gasteiger partial charge in [-0.25, -0.2) is 22.8 Å². The molecule has 0 aliphatic carbocycles. The maximum absolute atomic E-state index is 14.4. The molecule has 0 saturated carbocycles. The van der Waals surface area contributed by atoms with Gasteiger partial charge in [0.15, 0.2) is 9.84 Å². The minimum atomic E-state index is -3.54. The summed E-state index contributed by atoms with van der Waals surface area (Å²) < 4.78 is 40.8. The third-order valence-corrected chi connectivity index (χ3v) is 10.8. The van der Waals surface area contributed by atoms with Crippen molar-refractivity contribution in [2.75, 3.05) is 42.2 Å². The fraction of sp³-hybridized carbons (Fsp3) is 0.146. The summed E-state index contributed by atoms with van der Waals surface area (Å²) in [5.41, 5.74) is 5.88. The Morgan fingerprint density at radius 2 is 1.25 bits per heavy atom. The lowest BCUT2D eigenvalue weighted by Gasteiger charge is -2.37. The highest BCUT2D eigenvalue weighted by Gasteiger charge is 2.39. The number of nitrogens with zero attached hydrogens (tertiary/aromatic N) is 6. The fourth-order valence-electron chi connectivity index (χ4n) is 7.19. The summed E-state index contributed by atoms with van der Waals surface area (Å²) in [7, 11) is -3.54. The molecule has 3 heterocycles. The maximum Gasteiger partial charge on any atom is 0.175 e. The summed E-state index contributed by atoms with van der Waals surface area (Å²) >= 11 is 0. The van der Waals surface area contributed by atoms with Gasteiger partial charge in [0, 0.05) is 55.3 Å². The lowest BCUT2D eigenvalue weighted by molar-refractivity contribution is 0.460. The number of benzene rings is 5. The van der Waals surface area contributed by atoms with Crippen LogP contribution in [0.2, 0.25) is 0 Å². The van der Waals surface area contributed by atoms with E-state index in [0.29, 0.717) is 31.9 Å². The average Bonchev–Trinajstić information content (AvgIpc) is 3.66. The molecule has 0 N–H and O–H groups in total. The SMILES string of the molecule is CS(=O)(=O)c1cc(F)cc(N2CCN(c3ncnc4ccc(-c5cnn(C(c6ccccc6)(c6ccccc6)c6ccccc6)c5)cc34)CC2)c1. The van der Waals surface area contributed by atoms with E-state index in [4.69, 9.17) is 10.1 Å². The first-order valence-electron chi connectivity index (χ1n) is 16.8. The largest absolute Gasteiger partial charge is 0.368 e. The van der Waals surface area contributed by atoms with Crippen molar-refractivity contribution < 1.29 is 12.8 Å². The minimum Gasteiger partial charge on any atom is -0.368 e. The Morgan fingerprint density at radius 1 is 0.667 bits per heavy atom. The van der Waals surface area contributed by atoms with E-state index < -0.39 is 21.2 Å². The molecule has 10 heteroatoms. The van der Waals surface area contributed by atoms with Crippen molar-refractivity contribution in [2.45, 2.75) is 10.4 Å². The number of rotatable bonds is 8. The van der Waals surface area contributed by atoms with E-state index in [1.165, 1.54) is 6.07 Å². The van der Waals surface area contributed by atoms with E-state index in [0.717, 1.165) is 56.9 Å². The lowest BCUT2D eigenvalue weighted by Crippen LogP contribution is -2.47. The first-order valence-corrected chi connectivity index (χ1v) is 18.7. The van der Waals surface area contributed by atoms with Gasteiger partial charge in [0.1, 0.15) is 23.5 Å². The molecule has 1 fully saturated rings. The number of fused-ring (bicyclic) bond motifs is 1. The number of hydrogen-bond acceptors (Lipinski definition) is 7. The predicted molar refractivity (Wildman–Crippen MR) is 199 cm³/mol. The van der Waals surface area contributed by atoms with Crippen molar-refractivity contribution in [3.63, 3.8) is 0 Å². The van der Waals surface area contributed by atoms with E-state index in [9.17, 15) is 12.8 Å². The monoisotopic (exact) mass is 694 g/mol. The second kappa shape index (κ2) is 13.1. The lowest BCUT2D eigenvalue weighted by atomic mass is 9.77. The van der Waals surface area contributed by atoms with Crippen molar-refractivity contribution in [1.82, 2.24) is 19.7 Å². The molecule has 5 aromatic carbocycles. The van der Waals surface area contributed by atoms with Crippen LogP contribution in [-0.2, 0) is 15.4 Å². The molecule has 0 spiro atoms. The van der Waals surface area contributed by atoms with E-state index in [-0.39, 0.29) is 4.90 Å². The van der Waals surface area contributed by atoms with Crippen LogP contribution >= 0.6 is 0 Å². The minimum absolute atomic E-state index is 0.0221. The van der Waals surface area contributed by atoms with Gasteiger partial charge in [-0.3, -0.25) is 4.68 Å². The van der Waals surface area contributed by atoms with Crippen molar-refractivity contribution >= 4 is 32.2 Å². The molecular weight excluding hydrogens is 660 g/mol. The summed E-state index contributed by atoms with van der Waals surface area (Å²) in [6.07, 6.45) is 6.70. The summed E-state index contributed by atoms with van der Waals surface area (Å²) in [6.45, 7) is 2.38. The molecule has 8 nitrogen and oxygen atoms in total. The van der Waals surface area contributed by atoms with Crippen LogP contribution < -0.4 is 9.80 Å². The molecule has 0 amide bonds. The van der Waals surface area contributed by atoms with Gasteiger partial charge in [-0.1, -0.05) is 97.1 Å². The highest BCUT2D eigenvalue weighted by molar-refractivity contribution is 7.90. The standard InChI is InChI=1S/C41H35FN6O2S/c1-51(49,50)37-25-35(42)24-36(26-37)46-19-21-47(22-20-46)40-38-23-30(17-18-39(38)43-29-44-40)31-27-45-48(28-31)41(32-11-5-2-6-12-32,33-13-7-3-8-14-33)34-15-9-4-10-16-34/h2-18,23-29H,19-22H2,1H3. The number of hydrogen-bond donors (Lipinski definition) is 0. The summed E-state index contributed by atoms with van der Waals surface area (Å²) in [5.74, 6) is 0.249. The van der Waals surface area contributed by atoms with Crippen LogP contribution in [0.1, 0.15) is 16.7 Å². The van der Waals surface area contributed by atoms with Gasteiger partial charge in [-0.2, -0.15) is 5.10 Å². The Kier molecular flexibility index (Phi) is 8.31.